The number of anilines is 2. The van der Waals surface area contributed by atoms with E-state index in [-0.39, 0.29) is 19.5 Å². The fourth-order valence-electron chi connectivity index (χ4n) is 5.69. The summed E-state index contributed by atoms with van der Waals surface area (Å²) >= 11 is 0. The predicted octanol–water partition coefficient (Wildman–Crippen LogP) is 5.14. The number of rotatable bonds is 7. The molecule has 12 heteroatoms. The average molecular weight is 618 g/mol. The second-order valence-corrected chi connectivity index (χ2v) is 10.6. The number of methoxy groups -OCH3 is 1. The van der Waals surface area contributed by atoms with Crippen LogP contribution in [-0.4, -0.2) is 48.4 Å². The maximum atomic E-state index is 14.7. The standard InChI is InChI=1S/C33H27F4N5O3/c1-45-21-15-13-19(14-16-21)18-42-23-11-6-5-10-22(23)27(20-8-3-2-4-9-20)38-31(33(42)44)40-32(43)24-12-7-17-41(24)28-25(34)29(36)39-30(37)26(28)35/h2-6,8-11,13-16,24,31H,7,12,17-18H2,1H3,(H,40,43)/t24-,31-/m1/s1. The van der Waals surface area contributed by atoms with Crippen LogP contribution < -0.4 is 19.9 Å². The molecule has 45 heavy (non-hydrogen) atoms. The molecule has 1 N–H and O–H groups in total. The summed E-state index contributed by atoms with van der Waals surface area (Å²) in [5.74, 6) is -7.75. The summed E-state index contributed by atoms with van der Waals surface area (Å²) in [4.78, 5) is 37.8. The van der Waals surface area contributed by atoms with E-state index in [1.807, 2.05) is 54.6 Å². The third-order valence-corrected chi connectivity index (χ3v) is 7.85. The number of carbonyl (C=O) groups excluding carboxylic acids is 2. The van der Waals surface area contributed by atoms with Crippen LogP contribution >= 0.6 is 0 Å². The van der Waals surface area contributed by atoms with Crippen LogP contribution in [0.5, 0.6) is 5.75 Å². The van der Waals surface area contributed by atoms with Crippen LogP contribution in [0.25, 0.3) is 0 Å². The predicted molar refractivity (Wildman–Crippen MR) is 159 cm³/mol. The number of hydrogen-bond donors (Lipinski definition) is 1. The number of hydrogen-bond acceptors (Lipinski definition) is 6. The molecule has 1 saturated heterocycles. The van der Waals surface area contributed by atoms with Crippen molar-refractivity contribution < 1.29 is 31.9 Å². The third-order valence-electron chi connectivity index (χ3n) is 7.85. The largest absolute Gasteiger partial charge is 0.497 e. The number of halogens is 4. The van der Waals surface area contributed by atoms with E-state index >= 15 is 0 Å². The second kappa shape index (κ2) is 12.4. The van der Waals surface area contributed by atoms with Crippen LogP contribution in [0.4, 0.5) is 28.9 Å². The Kier molecular flexibility index (Phi) is 8.20. The number of pyridine rings is 1. The molecule has 230 valence electrons. The summed E-state index contributed by atoms with van der Waals surface area (Å²) in [7, 11) is 1.55. The molecule has 0 spiro atoms. The maximum Gasteiger partial charge on any atom is 0.272 e. The van der Waals surface area contributed by atoms with Gasteiger partial charge in [-0.3, -0.25) is 9.59 Å². The van der Waals surface area contributed by atoms with Crippen LogP contribution in [0, 0.1) is 23.5 Å². The van der Waals surface area contributed by atoms with Gasteiger partial charge >= 0.3 is 0 Å². The van der Waals surface area contributed by atoms with Crippen molar-refractivity contribution in [2.24, 2.45) is 4.99 Å². The van der Waals surface area contributed by atoms with Crippen molar-refractivity contribution in [2.45, 2.75) is 31.6 Å². The molecule has 3 heterocycles. The Morgan fingerprint density at radius 1 is 0.933 bits per heavy atom. The molecule has 1 fully saturated rings. The van der Waals surface area contributed by atoms with E-state index in [9.17, 15) is 27.2 Å². The molecule has 4 aromatic rings. The van der Waals surface area contributed by atoms with E-state index in [4.69, 9.17) is 9.73 Å². The lowest BCUT2D eigenvalue weighted by atomic mass is 10.00. The average Bonchev–Trinajstić information content (AvgIpc) is 3.51. The lowest BCUT2D eigenvalue weighted by Gasteiger charge is -2.29. The van der Waals surface area contributed by atoms with E-state index < -0.39 is 53.2 Å². The molecule has 2 aliphatic heterocycles. The summed E-state index contributed by atoms with van der Waals surface area (Å²) in [6.07, 6.45) is -1.03. The van der Waals surface area contributed by atoms with E-state index in [1.165, 1.54) is 4.90 Å². The first-order valence-corrected chi connectivity index (χ1v) is 14.2. The van der Waals surface area contributed by atoms with Crippen molar-refractivity contribution in [1.82, 2.24) is 10.3 Å². The summed E-state index contributed by atoms with van der Waals surface area (Å²) in [6.45, 7) is 0.0757. The number of ether oxygens (including phenoxy) is 1. The number of nitrogens with one attached hydrogen (secondary N) is 1. The van der Waals surface area contributed by atoms with Gasteiger partial charge in [0.05, 0.1) is 25.1 Å². The second-order valence-electron chi connectivity index (χ2n) is 10.6. The van der Waals surface area contributed by atoms with Gasteiger partial charge in [0.15, 0.2) is 0 Å². The molecule has 2 atom stereocenters. The van der Waals surface area contributed by atoms with E-state index in [0.29, 0.717) is 34.7 Å². The molecule has 8 nitrogen and oxygen atoms in total. The molecule has 0 bridgehead atoms. The van der Waals surface area contributed by atoms with Gasteiger partial charge in [-0.1, -0.05) is 60.7 Å². The fourth-order valence-corrected chi connectivity index (χ4v) is 5.69. The smallest absolute Gasteiger partial charge is 0.272 e. The fraction of sp³-hybridized carbons (Fsp3) is 0.212. The van der Waals surface area contributed by atoms with Crippen LogP contribution in [0.1, 0.15) is 29.5 Å². The number of para-hydroxylation sites is 1. The van der Waals surface area contributed by atoms with Gasteiger partial charge in [-0.05, 0) is 36.6 Å². The Balaban J connectivity index is 1.39. The Labute approximate surface area is 256 Å². The van der Waals surface area contributed by atoms with Gasteiger partial charge in [0, 0.05) is 17.7 Å². The minimum absolute atomic E-state index is 0.0546. The van der Waals surface area contributed by atoms with Crippen LogP contribution in [-0.2, 0) is 16.1 Å². The highest BCUT2D eigenvalue weighted by Gasteiger charge is 2.39. The first kappa shape index (κ1) is 29.8. The van der Waals surface area contributed by atoms with Crippen molar-refractivity contribution in [3.8, 4) is 5.75 Å². The van der Waals surface area contributed by atoms with Gasteiger partial charge in [-0.15, -0.1) is 0 Å². The van der Waals surface area contributed by atoms with Crippen molar-refractivity contribution in [2.75, 3.05) is 23.5 Å². The number of amides is 2. The Morgan fingerprint density at radius 3 is 2.29 bits per heavy atom. The molecule has 3 aromatic carbocycles. The number of benzodiazepines with no additional fused rings is 1. The van der Waals surface area contributed by atoms with Gasteiger partial charge in [0.1, 0.15) is 17.5 Å². The zero-order valence-electron chi connectivity index (χ0n) is 24.0. The first-order valence-electron chi connectivity index (χ1n) is 14.2. The quantitative estimate of drug-likeness (QED) is 0.229. The van der Waals surface area contributed by atoms with Crippen molar-refractivity contribution in [1.29, 1.82) is 0 Å². The van der Waals surface area contributed by atoms with E-state index in [0.717, 1.165) is 10.5 Å². The zero-order chi connectivity index (χ0) is 31.7. The van der Waals surface area contributed by atoms with Crippen molar-refractivity contribution >= 4 is 28.9 Å². The summed E-state index contributed by atoms with van der Waals surface area (Å²) in [5, 5.41) is 2.66. The zero-order valence-corrected chi connectivity index (χ0v) is 24.0. The lowest BCUT2D eigenvalue weighted by Crippen LogP contribution is -2.52. The highest BCUT2D eigenvalue weighted by atomic mass is 19.2. The molecule has 1 aromatic heterocycles. The molecule has 2 amide bonds. The molecule has 6 rings (SSSR count). The van der Waals surface area contributed by atoms with Gasteiger partial charge in [0.25, 0.3) is 17.8 Å². The minimum atomic E-state index is -1.82. The van der Waals surface area contributed by atoms with E-state index in [2.05, 4.69) is 10.3 Å². The highest BCUT2D eigenvalue weighted by molar-refractivity contribution is 6.20. The molecular formula is C33H27F4N5O3. The van der Waals surface area contributed by atoms with Crippen LogP contribution in [0.3, 0.4) is 0 Å². The number of carbonyl (C=O) groups is 2. The van der Waals surface area contributed by atoms with Gasteiger partial charge in [0.2, 0.25) is 23.7 Å². The molecule has 0 unspecified atom stereocenters. The molecular weight excluding hydrogens is 590 g/mol. The van der Waals surface area contributed by atoms with Crippen molar-refractivity contribution in [3.05, 3.63) is 119 Å². The monoisotopic (exact) mass is 617 g/mol. The number of aliphatic imine (C=N–C) groups is 1. The van der Waals surface area contributed by atoms with E-state index in [1.54, 1.807) is 31.4 Å². The summed E-state index contributed by atoms with van der Waals surface area (Å²) in [6, 6.07) is 22.3. The SMILES string of the molecule is COc1ccc(CN2C(=O)[C@@H](NC(=O)[C@H]3CCCN3c3c(F)c(F)nc(F)c3F)N=C(c3ccccc3)c3ccccc32)cc1. The Hall–Kier alpha value is -5.26. The topological polar surface area (TPSA) is 87.1 Å². The van der Waals surface area contributed by atoms with Gasteiger partial charge in [-0.2, -0.15) is 22.5 Å². The van der Waals surface area contributed by atoms with Crippen LogP contribution in [0.2, 0.25) is 0 Å². The lowest BCUT2D eigenvalue weighted by molar-refractivity contribution is -0.128. The summed E-state index contributed by atoms with van der Waals surface area (Å²) < 4.78 is 62.6. The van der Waals surface area contributed by atoms with Crippen LogP contribution in [0.15, 0.2) is 83.9 Å². The maximum absolute atomic E-state index is 14.7. The molecule has 2 aliphatic rings. The third kappa shape index (κ3) is 5.70. The highest BCUT2D eigenvalue weighted by Crippen LogP contribution is 2.33. The first-order chi connectivity index (χ1) is 21.8. The number of aromatic nitrogens is 1. The number of fused-ring (bicyclic) bond motifs is 1. The molecule has 0 saturated carbocycles. The molecule has 0 aliphatic carbocycles. The summed E-state index contributed by atoms with van der Waals surface area (Å²) in [5.41, 5.74) is 2.11. The number of benzene rings is 3. The van der Waals surface area contributed by atoms with Gasteiger partial charge < -0.3 is 19.9 Å². The Bertz CT molecular complexity index is 1760. The van der Waals surface area contributed by atoms with Gasteiger partial charge in [-0.25, -0.2) is 4.99 Å². The Morgan fingerprint density at radius 2 is 1.60 bits per heavy atom. The number of nitrogens with zero attached hydrogens (tertiary/aromatic N) is 4. The normalized spacial score (nSPS) is 17.9. The molecule has 0 radical (unpaired) electrons. The van der Waals surface area contributed by atoms with Crippen molar-refractivity contribution in [3.63, 3.8) is 0 Å². The minimum Gasteiger partial charge on any atom is -0.497 e.